The molecule has 7 nitrogen and oxygen atoms in total. The topological polar surface area (TPSA) is 75.8 Å². The lowest BCUT2D eigenvalue weighted by Gasteiger charge is -2.13. The van der Waals surface area contributed by atoms with E-state index in [1.54, 1.807) is 0 Å². The van der Waals surface area contributed by atoms with Crippen LogP contribution in [-0.4, -0.2) is 46.4 Å². The zero-order chi connectivity index (χ0) is 17.3. The maximum Gasteiger partial charge on any atom is 0.191 e. The van der Waals surface area contributed by atoms with Gasteiger partial charge in [-0.3, -0.25) is 4.40 Å². The van der Waals surface area contributed by atoms with Crippen molar-refractivity contribution in [3.05, 3.63) is 30.2 Å². The molecule has 0 unspecified atom stereocenters. The van der Waals surface area contributed by atoms with Crippen LogP contribution < -0.4 is 10.6 Å². The fourth-order valence-corrected chi connectivity index (χ4v) is 3.07. The van der Waals surface area contributed by atoms with Crippen LogP contribution >= 0.6 is 0 Å². The number of fused-ring (bicyclic) bond motifs is 1. The zero-order valence-electron chi connectivity index (χ0n) is 14.9. The molecule has 2 heterocycles. The second-order valence-corrected chi connectivity index (χ2v) is 6.30. The molecule has 1 saturated carbocycles. The number of nitrogens with zero attached hydrogens (tertiary/aromatic N) is 4. The summed E-state index contributed by atoms with van der Waals surface area (Å²) < 4.78 is 7.85. The van der Waals surface area contributed by atoms with Gasteiger partial charge in [0.05, 0.1) is 6.10 Å². The average molecular weight is 344 g/mol. The van der Waals surface area contributed by atoms with Gasteiger partial charge in [0, 0.05) is 25.9 Å². The first-order chi connectivity index (χ1) is 12.4. The van der Waals surface area contributed by atoms with Crippen molar-refractivity contribution in [3.63, 3.8) is 0 Å². The molecule has 0 amide bonds. The minimum absolute atomic E-state index is 0.485. The highest BCUT2D eigenvalue weighted by Crippen LogP contribution is 2.20. The maximum absolute atomic E-state index is 5.89. The van der Waals surface area contributed by atoms with Crippen LogP contribution in [0, 0.1) is 0 Å². The third kappa shape index (κ3) is 5.16. The van der Waals surface area contributed by atoms with Gasteiger partial charge in [0.2, 0.25) is 0 Å². The maximum atomic E-state index is 5.89. The number of hydrogen-bond acceptors (Lipinski definition) is 4. The van der Waals surface area contributed by atoms with Crippen LogP contribution in [0.3, 0.4) is 0 Å². The molecule has 1 aliphatic carbocycles. The predicted molar refractivity (Wildman–Crippen MR) is 98.6 cm³/mol. The molecule has 25 heavy (non-hydrogen) atoms. The molecule has 1 aliphatic rings. The third-order valence-corrected chi connectivity index (χ3v) is 4.38. The number of hydrogen-bond donors (Lipinski definition) is 2. The zero-order valence-corrected chi connectivity index (χ0v) is 14.9. The third-order valence-electron chi connectivity index (χ3n) is 4.38. The Balaban J connectivity index is 1.45. The van der Waals surface area contributed by atoms with E-state index < -0.39 is 0 Å². The number of aliphatic imine (C=N–C) groups is 1. The summed E-state index contributed by atoms with van der Waals surface area (Å²) in [4.78, 5) is 4.61. The van der Waals surface area contributed by atoms with Crippen LogP contribution in [0.15, 0.2) is 29.4 Å². The molecule has 0 spiro atoms. The molecule has 2 N–H and O–H groups in total. The highest BCUT2D eigenvalue weighted by atomic mass is 16.5. The number of ether oxygens (including phenoxy) is 1. The van der Waals surface area contributed by atoms with Crippen molar-refractivity contribution in [2.75, 3.05) is 19.7 Å². The largest absolute Gasteiger partial charge is 0.378 e. The van der Waals surface area contributed by atoms with Gasteiger partial charge < -0.3 is 15.4 Å². The molecule has 2 aromatic heterocycles. The Morgan fingerprint density at radius 2 is 2.16 bits per heavy atom. The SMILES string of the molecule is CCNC(=NCc1nnc2ccccn12)NCCCOC1CCCC1. The first-order valence-electron chi connectivity index (χ1n) is 9.29. The van der Waals surface area contributed by atoms with Gasteiger partial charge in [-0.05, 0) is 38.3 Å². The summed E-state index contributed by atoms with van der Waals surface area (Å²) in [6.07, 6.45) is 8.52. The van der Waals surface area contributed by atoms with Gasteiger partial charge in [-0.25, -0.2) is 4.99 Å². The van der Waals surface area contributed by atoms with Crippen LogP contribution in [0.4, 0.5) is 0 Å². The Labute approximate surface area is 148 Å². The molecule has 0 aromatic carbocycles. The van der Waals surface area contributed by atoms with Crippen molar-refractivity contribution in [1.29, 1.82) is 0 Å². The first kappa shape index (κ1) is 17.7. The summed E-state index contributed by atoms with van der Waals surface area (Å²) in [6.45, 7) is 5.03. The van der Waals surface area contributed by atoms with Crippen LogP contribution in [0.2, 0.25) is 0 Å². The average Bonchev–Trinajstić information content (AvgIpc) is 3.29. The second-order valence-electron chi connectivity index (χ2n) is 6.30. The van der Waals surface area contributed by atoms with Gasteiger partial charge in [-0.2, -0.15) is 0 Å². The van der Waals surface area contributed by atoms with Gasteiger partial charge in [-0.1, -0.05) is 18.9 Å². The number of rotatable bonds is 8. The van der Waals surface area contributed by atoms with Crippen molar-refractivity contribution in [2.45, 2.75) is 51.7 Å². The molecule has 3 rings (SSSR count). The van der Waals surface area contributed by atoms with E-state index in [1.165, 1.54) is 25.7 Å². The minimum atomic E-state index is 0.485. The van der Waals surface area contributed by atoms with Crippen molar-refractivity contribution in [2.24, 2.45) is 4.99 Å². The number of pyridine rings is 1. The molecule has 2 aromatic rings. The molecule has 0 atom stereocenters. The van der Waals surface area contributed by atoms with Crippen LogP contribution in [0.25, 0.3) is 5.65 Å². The van der Waals surface area contributed by atoms with Crippen molar-refractivity contribution in [3.8, 4) is 0 Å². The van der Waals surface area contributed by atoms with Crippen molar-refractivity contribution in [1.82, 2.24) is 25.2 Å². The predicted octanol–water partition coefficient (Wildman–Crippen LogP) is 2.13. The molecular weight excluding hydrogens is 316 g/mol. The minimum Gasteiger partial charge on any atom is -0.378 e. The lowest BCUT2D eigenvalue weighted by Crippen LogP contribution is -2.38. The standard InChI is InChI=1S/C18H28N6O/c1-2-19-18(20-11-7-13-25-15-8-3-4-9-15)21-14-17-23-22-16-10-5-6-12-24(16)17/h5-6,10,12,15H,2-4,7-9,11,13-14H2,1H3,(H2,19,20,21). The monoisotopic (exact) mass is 344 g/mol. The van der Waals surface area contributed by atoms with Gasteiger partial charge in [0.25, 0.3) is 0 Å². The first-order valence-corrected chi connectivity index (χ1v) is 9.29. The van der Waals surface area contributed by atoms with E-state index in [4.69, 9.17) is 4.74 Å². The molecule has 0 aliphatic heterocycles. The van der Waals surface area contributed by atoms with E-state index >= 15 is 0 Å². The quantitative estimate of drug-likeness (QED) is 0.436. The summed E-state index contributed by atoms with van der Waals surface area (Å²) in [5.41, 5.74) is 0.842. The van der Waals surface area contributed by atoms with Crippen molar-refractivity contribution < 1.29 is 4.74 Å². The lowest BCUT2D eigenvalue weighted by atomic mass is 10.3. The summed E-state index contributed by atoms with van der Waals surface area (Å²) in [5.74, 6) is 1.63. The molecule has 7 heteroatoms. The van der Waals surface area contributed by atoms with E-state index in [1.807, 2.05) is 28.8 Å². The summed E-state index contributed by atoms with van der Waals surface area (Å²) in [7, 11) is 0. The Kier molecular flexibility index (Phi) is 6.62. The lowest BCUT2D eigenvalue weighted by molar-refractivity contribution is 0.0574. The van der Waals surface area contributed by atoms with E-state index in [-0.39, 0.29) is 0 Å². The van der Waals surface area contributed by atoms with E-state index in [9.17, 15) is 0 Å². The van der Waals surface area contributed by atoms with Crippen molar-refractivity contribution >= 4 is 11.6 Å². The summed E-state index contributed by atoms with van der Waals surface area (Å²) in [6, 6.07) is 5.86. The molecule has 1 fully saturated rings. The number of nitrogens with one attached hydrogen (secondary N) is 2. The number of aromatic nitrogens is 3. The number of guanidine groups is 1. The molecule has 0 radical (unpaired) electrons. The molecule has 0 bridgehead atoms. The van der Waals surface area contributed by atoms with Gasteiger partial charge in [0.1, 0.15) is 6.54 Å². The van der Waals surface area contributed by atoms with Crippen LogP contribution in [0.1, 0.15) is 44.9 Å². The fourth-order valence-electron chi connectivity index (χ4n) is 3.07. The highest BCUT2D eigenvalue weighted by molar-refractivity contribution is 5.79. The Morgan fingerprint density at radius 1 is 1.28 bits per heavy atom. The summed E-state index contributed by atoms with van der Waals surface area (Å²) >= 11 is 0. The fraction of sp³-hybridized carbons (Fsp3) is 0.611. The molecule has 0 saturated heterocycles. The Hall–Kier alpha value is -2.15. The van der Waals surface area contributed by atoms with Crippen LogP contribution in [0.5, 0.6) is 0 Å². The summed E-state index contributed by atoms with van der Waals surface area (Å²) in [5, 5.41) is 15.0. The Morgan fingerprint density at radius 3 is 3.00 bits per heavy atom. The second kappa shape index (κ2) is 9.36. The normalized spacial score (nSPS) is 15.8. The molecule has 136 valence electrons. The highest BCUT2D eigenvalue weighted by Gasteiger charge is 2.14. The van der Waals surface area contributed by atoms with E-state index in [2.05, 4.69) is 32.7 Å². The Bertz CT molecular complexity index is 677. The molecular formula is C18H28N6O. The smallest absolute Gasteiger partial charge is 0.191 e. The van der Waals surface area contributed by atoms with Gasteiger partial charge in [-0.15, -0.1) is 10.2 Å². The van der Waals surface area contributed by atoms with Gasteiger partial charge >= 0.3 is 0 Å². The van der Waals surface area contributed by atoms with E-state index in [0.717, 1.165) is 43.5 Å². The van der Waals surface area contributed by atoms with Crippen LogP contribution in [-0.2, 0) is 11.3 Å². The van der Waals surface area contributed by atoms with Gasteiger partial charge in [0.15, 0.2) is 17.4 Å². The van der Waals surface area contributed by atoms with E-state index in [0.29, 0.717) is 12.6 Å².